The Bertz CT molecular complexity index is 727. The van der Waals surface area contributed by atoms with Crippen LogP contribution in [0.5, 0.6) is 0 Å². The van der Waals surface area contributed by atoms with Gasteiger partial charge in [-0.15, -0.1) is 0 Å². The lowest BCUT2D eigenvalue weighted by Gasteiger charge is -2.26. The fourth-order valence-corrected chi connectivity index (χ4v) is 3.42. The Morgan fingerprint density at radius 1 is 1.22 bits per heavy atom. The first-order chi connectivity index (χ1) is 11.1. The molecule has 3 nitrogen and oxygen atoms in total. The highest BCUT2D eigenvalue weighted by molar-refractivity contribution is 6.31. The highest BCUT2D eigenvalue weighted by atomic mass is 35.5. The van der Waals surface area contributed by atoms with Gasteiger partial charge in [-0.3, -0.25) is 4.79 Å². The Morgan fingerprint density at radius 3 is 2.78 bits per heavy atom. The number of hydrogen-bond donors (Lipinski definition) is 1. The quantitative estimate of drug-likeness (QED) is 0.902. The molecule has 2 aromatic rings. The van der Waals surface area contributed by atoms with Crippen LogP contribution in [-0.4, -0.2) is 20.0 Å². The van der Waals surface area contributed by atoms with Crippen molar-refractivity contribution >= 4 is 28.9 Å². The van der Waals surface area contributed by atoms with Crippen molar-refractivity contribution in [2.75, 3.05) is 24.3 Å². The van der Waals surface area contributed by atoms with Crippen molar-refractivity contribution in [3.05, 3.63) is 58.6 Å². The topological polar surface area (TPSA) is 32.3 Å². The van der Waals surface area contributed by atoms with E-state index in [-0.39, 0.29) is 11.8 Å². The zero-order chi connectivity index (χ0) is 16.4. The zero-order valence-electron chi connectivity index (χ0n) is 13.5. The number of nitrogens with zero attached hydrogens (tertiary/aromatic N) is 1. The van der Waals surface area contributed by atoms with Crippen LogP contribution in [0.2, 0.25) is 5.02 Å². The number of halogens is 1. The standard InChI is InChI=1S/C19H21ClN2O/c1-22(2)18-11-10-14(20)12-17(18)21-19(23)16-9-5-7-13-6-3-4-8-15(13)16/h3-4,6,8,10-12,16H,5,7,9H2,1-2H3,(H,21,23). The molecule has 1 amide bonds. The number of fused-ring (bicyclic) bond motifs is 1. The third-order valence-corrected chi connectivity index (χ3v) is 4.62. The smallest absolute Gasteiger partial charge is 0.231 e. The molecule has 0 heterocycles. The van der Waals surface area contributed by atoms with Gasteiger partial charge in [0.25, 0.3) is 0 Å². The number of benzene rings is 2. The second-order valence-electron chi connectivity index (χ2n) is 6.19. The minimum Gasteiger partial charge on any atom is -0.376 e. The van der Waals surface area contributed by atoms with E-state index in [1.807, 2.05) is 49.3 Å². The third kappa shape index (κ3) is 3.35. The first-order valence-electron chi connectivity index (χ1n) is 7.92. The summed E-state index contributed by atoms with van der Waals surface area (Å²) in [5.74, 6) is -0.0449. The van der Waals surface area contributed by atoms with Gasteiger partial charge >= 0.3 is 0 Å². The van der Waals surface area contributed by atoms with Crippen LogP contribution in [0.4, 0.5) is 11.4 Å². The maximum atomic E-state index is 12.8. The molecule has 0 saturated carbocycles. The van der Waals surface area contributed by atoms with Crippen LogP contribution in [-0.2, 0) is 11.2 Å². The molecule has 4 heteroatoms. The predicted molar refractivity (Wildman–Crippen MR) is 96.5 cm³/mol. The van der Waals surface area contributed by atoms with E-state index in [2.05, 4.69) is 17.4 Å². The van der Waals surface area contributed by atoms with E-state index in [1.165, 1.54) is 5.56 Å². The zero-order valence-corrected chi connectivity index (χ0v) is 14.2. The summed E-state index contributed by atoms with van der Waals surface area (Å²) in [5.41, 5.74) is 4.16. The number of carbonyl (C=O) groups is 1. The number of anilines is 2. The fourth-order valence-electron chi connectivity index (χ4n) is 3.24. The van der Waals surface area contributed by atoms with Gasteiger partial charge in [0.05, 0.1) is 17.3 Å². The van der Waals surface area contributed by atoms with Gasteiger partial charge < -0.3 is 10.2 Å². The summed E-state index contributed by atoms with van der Waals surface area (Å²) in [7, 11) is 3.91. The Balaban J connectivity index is 1.88. The molecule has 0 fully saturated rings. The molecule has 23 heavy (non-hydrogen) atoms. The number of aryl methyl sites for hydroxylation is 1. The molecule has 1 unspecified atom stereocenters. The van der Waals surface area contributed by atoms with Crippen LogP contribution in [0.15, 0.2) is 42.5 Å². The summed E-state index contributed by atoms with van der Waals surface area (Å²) < 4.78 is 0. The van der Waals surface area contributed by atoms with Crippen molar-refractivity contribution in [3.63, 3.8) is 0 Å². The van der Waals surface area contributed by atoms with Gasteiger partial charge in [0.1, 0.15) is 0 Å². The van der Waals surface area contributed by atoms with E-state index >= 15 is 0 Å². The van der Waals surface area contributed by atoms with Crippen LogP contribution in [0.3, 0.4) is 0 Å². The van der Waals surface area contributed by atoms with Crippen LogP contribution < -0.4 is 10.2 Å². The molecule has 1 aliphatic rings. The maximum absolute atomic E-state index is 12.8. The molecule has 1 N–H and O–H groups in total. The van der Waals surface area contributed by atoms with Gasteiger partial charge in [0, 0.05) is 19.1 Å². The molecular formula is C19H21ClN2O. The van der Waals surface area contributed by atoms with Crippen molar-refractivity contribution in [2.24, 2.45) is 0 Å². The summed E-state index contributed by atoms with van der Waals surface area (Å²) in [6, 6.07) is 13.8. The first kappa shape index (κ1) is 15.9. The van der Waals surface area contributed by atoms with Crippen molar-refractivity contribution in [3.8, 4) is 0 Å². The lowest BCUT2D eigenvalue weighted by Crippen LogP contribution is -2.25. The molecule has 1 atom stereocenters. The second-order valence-corrected chi connectivity index (χ2v) is 6.63. The molecule has 3 rings (SSSR count). The van der Waals surface area contributed by atoms with Crippen molar-refractivity contribution in [1.29, 1.82) is 0 Å². The summed E-state index contributed by atoms with van der Waals surface area (Å²) in [6.45, 7) is 0. The molecule has 0 aliphatic heterocycles. The van der Waals surface area contributed by atoms with E-state index in [1.54, 1.807) is 0 Å². The highest BCUT2D eigenvalue weighted by Crippen LogP contribution is 2.34. The van der Waals surface area contributed by atoms with E-state index < -0.39 is 0 Å². The minimum atomic E-state index is -0.0889. The SMILES string of the molecule is CN(C)c1ccc(Cl)cc1NC(=O)C1CCCc2ccccc21. The summed E-state index contributed by atoms with van der Waals surface area (Å²) in [4.78, 5) is 14.8. The van der Waals surface area contributed by atoms with Crippen molar-refractivity contribution in [1.82, 2.24) is 0 Å². The fraction of sp³-hybridized carbons (Fsp3) is 0.316. The van der Waals surface area contributed by atoms with Crippen molar-refractivity contribution in [2.45, 2.75) is 25.2 Å². The minimum absolute atomic E-state index is 0.0440. The van der Waals surface area contributed by atoms with Crippen LogP contribution >= 0.6 is 11.6 Å². The lowest BCUT2D eigenvalue weighted by molar-refractivity contribution is -0.117. The average Bonchev–Trinajstić information content (AvgIpc) is 2.54. The van der Waals surface area contributed by atoms with E-state index in [4.69, 9.17) is 11.6 Å². The normalized spacial score (nSPS) is 16.6. The summed E-state index contributed by atoms with van der Waals surface area (Å²) >= 11 is 6.10. The largest absolute Gasteiger partial charge is 0.376 e. The maximum Gasteiger partial charge on any atom is 0.231 e. The molecule has 1 aliphatic carbocycles. The lowest BCUT2D eigenvalue weighted by atomic mass is 9.82. The average molecular weight is 329 g/mol. The van der Waals surface area contributed by atoms with Crippen LogP contribution in [0, 0.1) is 0 Å². The van der Waals surface area contributed by atoms with Gasteiger partial charge in [-0.2, -0.15) is 0 Å². The molecule has 0 saturated heterocycles. The van der Waals surface area contributed by atoms with Gasteiger partial charge in [-0.25, -0.2) is 0 Å². The number of rotatable bonds is 3. The first-order valence-corrected chi connectivity index (χ1v) is 8.29. The van der Waals surface area contributed by atoms with E-state index in [0.29, 0.717) is 5.02 Å². The van der Waals surface area contributed by atoms with Gasteiger partial charge in [-0.1, -0.05) is 35.9 Å². The molecule has 0 aromatic heterocycles. The van der Waals surface area contributed by atoms with E-state index in [0.717, 1.165) is 36.2 Å². The monoisotopic (exact) mass is 328 g/mol. The Hall–Kier alpha value is -2.00. The third-order valence-electron chi connectivity index (χ3n) is 4.38. The summed E-state index contributed by atoms with van der Waals surface area (Å²) in [5, 5.41) is 3.70. The van der Waals surface area contributed by atoms with Gasteiger partial charge in [0.2, 0.25) is 5.91 Å². The van der Waals surface area contributed by atoms with Gasteiger partial charge in [-0.05, 0) is 48.6 Å². The molecular weight excluding hydrogens is 308 g/mol. The van der Waals surface area contributed by atoms with Crippen LogP contribution in [0.1, 0.15) is 29.9 Å². The Labute approximate surface area is 142 Å². The Morgan fingerprint density at radius 2 is 2.00 bits per heavy atom. The highest BCUT2D eigenvalue weighted by Gasteiger charge is 2.26. The molecule has 0 spiro atoms. The van der Waals surface area contributed by atoms with Gasteiger partial charge in [0.15, 0.2) is 0 Å². The summed E-state index contributed by atoms with van der Waals surface area (Å²) in [6.07, 6.45) is 2.99. The number of hydrogen-bond acceptors (Lipinski definition) is 2. The molecule has 2 aromatic carbocycles. The number of carbonyl (C=O) groups excluding carboxylic acids is 1. The van der Waals surface area contributed by atoms with Crippen molar-refractivity contribution < 1.29 is 4.79 Å². The molecule has 0 radical (unpaired) electrons. The second kappa shape index (κ2) is 6.63. The number of amides is 1. The molecule has 120 valence electrons. The number of nitrogens with one attached hydrogen (secondary N) is 1. The van der Waals surface area contributed by atoms with Crippen LogP contribution in [0.25, 0.3) is 0 Å². The molecule has 0 bridgehead atoms. The predicted octanol–water partition coefficient (Wildman–Crippen LogP) is 4.46. The van der Waals surface area contributed by atoms with E-state index in [9.17, 15) is 4.79 Å². The Kier molecular flexibility index (Phi) is 4.58.